The summed E-state index contributed by atoms with van der Waals surface area (Å²) in [6, 6.07) is 14.0. The van der Waals surface area contributed by atoms with Crippen LogP contribution in [0.25, 0.3) is 0 Å². The summed E-state index contributed by atoms with van der Waals surface area (Å²) in [4.78, 5) is 14.6. The average Bonchev–Trinajstić information content (AvgIpc) is 2.75. The molecule has 1 fully saturated rings. The summed E-state index contributed by atoms with van der Waals surface area (Å²) >= 11 is 0. The van der Waals surface area contributed by atoms with Crippen LogP contribution >= 0.6 is 0 Å². The lowest BCUT2D eigenvalue weighted by atomic mass is 9.99. The fraction of sp³-hybridized carbons (Fsp3) is 0.458. The van der Waals surface area contributed by atoms with Crippen molar-refractivity contribution in [2.45, 2.75) is 39.2 Å². The first-order valence-corrected chi connectivity index (χ1v) is 12.9. The SMILES string of the molecule is C[C@H]1CCCN(c2ccc(CNC(=O)CCCN(c3ccccc3F)S(C)(=O)=O)cc2)C1. The summed E-state index contributed by atoms with van der Waals surface area (Å²) in [6.07, 6.45) is 3.98. The molecule has 1 aliphatic rings. The van der Waals surface area contributed by atoms with Gasteiger partial charge in [0.05, 0.1) is 11.9 Å². The molecule has 0 unspecified atom stereocenters. The van der Waals surface area contributed by atoms with Crippen LogP contribution in [-0.2, 0) is 21.4 Å². The molecule has 0 aliphatic carbocycles. The number of rotatable bonds is 9. The summed E-state index contributed by atoms with van der Waals surface area (Å²) in [6.45, 7) is 4.89. The van der Waals surface area contributed by atoms with E-state index in [9.17, 15) is 17.6 Å². The number of amides is 1. The van der Waals surface area contributed by atoms with Crippen molar-refractivity contribution in [1.82, 2.24) is 5.32 Å². The van der Waals surface area contributed by atoms with Crippen LogP contribution in [0.1, 0.15) is 38.2 Å². The summed E-state index contributed by atoms with van der Waals surface area (Å²) in [7, 11) is -3.65. The second kappa shape index (κ2) is 10.8. The van der Waals surface area contributed by atoms with Gasteiger partial charge in [-0.3, -0.25) is 9.10 Å². The van der Waals surface area contributed by atoms with Crippen LogP contribution in [0.4, 0.5) is 15.8 Å². The fourth-order valence-electron chi connectivity index (χ4n) is 4.04. The smallest absolute Gasteiger partial charge is 0.232 e. The minimum absolute atomic E-state index is 0.00130. The molecule has 0 spiro atoms. The first-order chi connectivity index (χ1) is 15.2. The predicted octanol–water partition coefficient (Wildman–Crippen LogP) is 3.92. The van der Waals surface area contributed by atoms with Crippen molar-refractivity contribution in [1.29, 1.82) is 0 Å². The lowest BCUT2D eigenvalue weighted by Gasteiger charge is -2.32. The minimum atomic E-state index is -3.65. The molecule has 2 aromatic rings. The van der Waals surface area contributed by atoms with Crippen LogP contribution in [0.5, 0.6) is 0 Å². The summed E-state index contributed by atoms with van der Waals surface area (Å²) in [5, 5.41) is 2.87. The number of piperidine rings is 1. The zero-order chi connectivity index (χ0) is 23.1. The highest BCUT2D eigenvalue weighted by atomic mass is 32.2. The number of hydrogen-bond acceptors (Lipinski definition) is 4. The van der Waals surface area contributed by atoms with E-state index in [-0.39, 0.29) is 24.6 Å². The highest BCUT2D eigenvalue weighted by Gasteiger charge is 2.20. The Bertz CT molecular complexity index is 1010. The molecule has 1 N–H and O–H groups in total. The Kier molecular flexibility index (Phi) is 8.12. The first kappa shape index (κ1) is 24.0. The summed E-state index contributed by atoms with van der Waals surface area (Å²) < 4.78 is 39.2. The quantitative estimate of drug-likeness (QED) is 0.614. The third kappa shape index (κ3) is 6.69. The van der Waals surface area contributed by atoms with E-state index in [2.05, 4.69) is 29.3 Å². The van der Waals surface area contributed by atoms with Crippen LogP contribution in [0.15, 0.2) is 48.5 Å². The molecule has 0 bridgehead atoms. The van der Waals surface area contributed by atoms with E-state index in [1.165, 1.54) is 36.7 Å². The van der Waals surface area contributed by atoms with Gasteiger partial charge in [0.25, 0.3) is 0 Å². The monoisotopic (exact) mass is 461 g/mol. The topological polar surface area (TPSA) is 69.7 Å². The van der Waals surface area contributed by atoms with Crippen LogP contribution in [0.2, 0.25) is 0 Å². The van der Waals surface area contributed by atoms with Gasteiger partial charge in [-0.05, 0) is 55.0 Å². The lowest BCUT2D eigenvalue weighted by Crippen LogP contribution is -2.34. The van der Waals surface area contributed by atoms with Crippen LogP contribution in [0.3, 0.4) is 0 Å². The maximum atomic E-state index is 14.0. The van der Waals surface area contributed by atoms with Gasteiger partial charge in [0.15, 0.2) is 0 Å². The molecule has 8 heteroatoms. The van der Waals surface area contributed by atoms with Crippen molar-refractivity contribution in [2.75, 3.05) is 35.1 Å². The molecule has 0 aromatic heterocycles. The molecule has 32 heavy (non-hydrogen) atoms. The fourth-order valence-corrected chi connectivity index (χ4v) is 5.01. The molecule has 1 atom stereocenters. The van der Waals surface area contributed by atoms with Crippen molar-refractivity contribution in [3.63, 3.8) is 0 Å². The molecule has 2 aromatic carbocycles. The molecule has 3 rings (SSSR count). The Labute approximate surface area is 190 Å². The number of para-hydroxylation sites is 1. The van der Waals surface area contributed by atoms with Gasteiger partial charge in [-0.15, -0.1) is 0 Å². The number of halogens is 1. The Morgan fingerprint density at radius 1 is 1.19 bits per heavy atom. The lowest BCUT2D eigenvalue weighted by molar-refractivity contribution is -0.121. The van der Waals surface area contributed by atoms with E-state index >= 15 is 0 Å². The Morgan fingerprint density at radius 3 is 2.56 bits per heavy atom. The number of hydrogen-bond donors (Lipinski definition) is 1. The molecule has 0 radical (unpaired) electrons. The zero-order valence-electron chi connectivity index (χ0n) is 18.8. The Hall–Kier alpha value is -2.61. The summed E-state index contributed by atoms with van der Waals surface area (Å²) in [5.41, 5.74) is 2.22. The third-order valence-electron chi connectivity index (χ3n) is 5.73. The highest BCUT2D eigenvalue weighted by molar-refractivity contribution is 7.92. The van der Waals surface area contributed by atoms with Crippen LogP contribution in [-0.4, -0.2) is 40.2 Å². The second-order valence-corrected chi connectivity index (χ2v) is 10.4. The predicted molar refractivity (Wildman–Crippen MR) is 127 cm³/mol. The summed E-state index contributed by atoms with van der Waals surface area (Å²) in [5.74, 6) is -0.0644. The van der Waals surface area contributed by atoms with Gasteiger partial charge in [-0.1, -0.05) is 31.2 Å². The molecule has 6 nitrogen and oxygen atoms in total. The number of nitrogens with one attached hydrogen (secondary N) is 1. The molecule has 0 saturated carbocycles. The van der Waals surface area contributed by atoms with Gasteiger partial charge in [0.1, 0.15) is 5.82 Å². The number of anilines is 2. The normalized spacial score (nSPS) is 16.6. The third-order valence-corrected chi connectivity index (χ3v) is 6.91. The highest BCUT2D eigenvalue weighted by Crippen LogP contribution is 2.24. The second-order valence-electron chi connectivity index (χ2n) is 8.53. The van der Waals surface area contributed by atoms with Crippen molar-refractivity contribution < 1.29 is 17.6 Å². The minimum Gasteiger partial charge on any atom is -0.371 e. The van der Waals surface area contributed by atoms with E-state index in [0.717, 1.165) is 29.2 Å². The van der Waals surface area contributed by atoms with Gasteiger partial charge < -0.3 is 10.2 Å². The van der Waals surface area contributed by atoms with Crippen molar-refractivity contribution in [2.24, 2.45) is 5.92 Å². The van der Waals surface area contributed by atoms with E-state index in [1.54, 1.807) is 6.07 Å². The van der Waals surface area contributed by atoms with Gasteiger partial charge in [0.2, 0.25) is 15.9 Å². The standard InChI is InChI=1S/C24H32FN3O3S/c1-19-7-5-15-27(18-19)21-13-11-20(12-14-21)17-26-24(29)10-6-16-28(32(2,30)31)23-9-4-3-8-22(23)25/h3-4,8-9,11-14,19H,5-7,10,15-18H2,1-2H3,(H,26,29)/t19-/m0/s1. The Morgan fingerprint density at radius 2 is 1.91 bits per heavy atom. The van der Waals surface area contributed by atoms with Gasteiger partial charge >= 0.3 is 0 Å². The van der Waals surface area contributed by atoms with Crippen molar-refractivity contribution in [3.05, 3.63) is 59.9 Å². The average molecular weight is 462 g/mol. The molecular weight excluding hydrogens is 429 g/mol. The number of carbonyl (C=O) groups is 1. The molecule has 1 aliphatic heterocycles. The van der Waals surface area contributed by atoms with Gasteiger partial charge in [-0.2, -0.15) is 0 Å². The van der Waals surface area contributed by atoms with E-state index in [1.807, 2.05) is 12.1 Å². The van der Waals surface area contributed by atoms with Crippen LogP contribution in [0, 0.1) is 11.7 Å². The van der Waals surface area contributed by atoms with Gasteiger partial charge in [0, 0.05) is 38.3 Å². The van der Waals surface area contributed by atoms with Crippen molar-refractivity contribution >= 4 is 27.3 Å². The maximum Gasteiger partial charge on any atom is 0.232 e. The molecule has 1 heterocycles. The maximum absolute atomic E-state index is 14.0. The number of sulfonamides is 1. The number of benzene rings is 2. The number of nitrogens with zero attached hydrogens (tertiary/aromatic N) is 2. The van der Waals surface area contributed by atoms with E-state index < -0.39 is 15.8 Å². The molecule has 1 amide bonds. The zero-order valence-corrected chi connectivity index (χ0v) is 19.6. The van der Waals surface area contributed by atoms with E-state index in [4.69, 9.17) is 0 Å². The Balaban J connectivity index is 1.47. The van der Waals surface area contributed by atoms with Crippen LogP contribution < -0.4 is 14.5 Å². The molecular formula is C24H32FN3O3S. The van der Waals surface area contributed by atoms with Gasteiger partial charge in [-0.25, -0.2) is 12.8 Å². The first-order valence-electron chi connectivity index (χ1n) is 11.1. The van der Waals surface area contributed by atoms with Crippen molar-refractivity contribution in [3.8, 4) is 0 Å². The largest absolute Gasteiger partial charge is 0.371 e. The van der Waals surface area contributed by atoms with E-state index in [0.29, 0.717) is 18.9 Å². The number of carbonyl (C=O) groups excluding carboxylic acids is 1. The molecule has 174 valence electrons. The molecule has 1 saturated heterocycles.